The Balaban J connectivity index is 1.65. The molecule has 0 saturated carbocycles. The molecule has 96 valence electrons. The Bertz CT molecular complexity index is 487. The van der Waals surface area contributed by atoms with Crippen molar-refractivity contribution in [2.75, 3.05) is 17.6 Å². The highest BCUT2D eigenvalue weighted by atomic mass is 35.5. The van der Waals surface area contributed by atoms with E-state index in [1.54, 1.807) is 5.57 Å². The van der Waals surface area contributed by atoms with E-state index in [0.717, 1.165) is 36.7 Å². The van der Waals surface area contributed by atoms with Crippen molar-refractivity contribution in [3.63, 3.8) is 0 Å². The molecule has 1 aliphatic heterocycles. The highest BCUT2D eigenvalue weighted by molar-refractivity contribution is 7.99. The van der Waals surface area contributed by atoms with E-state index in [2.05, 4.69) is 21.4 Å². The van der Waals surface area contributed by atoms with Crippen molar-refractivity contribution in [1.29, 1.82) is 0 Å². The third kappa shape index (κ3) is 2.64. The van der Waals surface area contributed by atoms with Gasteiger partial charge in [0.05, 0.1) is 10.6 Å². The van der Waals surface area contributed by atoms with Crippen LogP contribution in [0.25, 0.3) is 0 Å². The molecule has 0 fully saturated rings. The molecule has 0 unspecified atom stereocenters. The predicted octanol–water partition coefficient (Wildman–Crippen LogP) is 3.69. The van der Waals surface area contributed by atoms with Crippen molar-refractivity contribution >= 4 is 29.2 Å². The zero-order valence-electron chi connectivity index (χ0n) is 10.2. The van der Waals surface area contributed by atoms with Crippen LogP contribution in [0.5, 0.6) is 0 Å². The van der Waals surface area contributed by atoms with Crippen LogP contribution in [0.4, 0.5) is 5.82 Å². The molecule has 5 heteroatoms. The maximum Gasteiger partial charge on any atom is 0.224 e. The number of thioether (sulfide) groups is 1. The van der Waals surface area contributed by atoms with Crippen molar-refractivity contribution in [3.8, 4) is 0 Å². The SMILES string of the molecule is Clc1nc2c(c(NCCC3=CCCC3)n1)SCC2. The van der Waals surface area contributed by atoms with Gasteiger partial charge < -0.3 is 5.32 Å². The quantitative estimate of drug-likeness (QED) is 0.675. The van der Waals surface area contributed by atoms with Gasteiger partial charge in [-0.1, -0.05) is 11.6 Å². The summed E-state index contributed by atoms with van der Waals surface area (Å²) in [4.78, 5) is 9.79. The number of halogens is 1. The van der Waals surface area contributed by atoms with Crippen LogP contribution in [-0.2, 0) is 6.42 Å². The molecule has 0 amide bonds. The van der Waals surface area contributed by atoms with Crippen molar-refractivity contribution in [3.05, 3.63) is 22.6 Å². The van der Waals surface area contributed by atoms with E-state index in [-0.39, 0.29) is 0 Å². The molecule has 3 nitrogen and oxygen atoms in total. The minimum absolute atomic E-state index is 0.360. The second kappa shape index (κ2) is 5.49. The predicted molar refractivity (Wildman–Crippen MR) is 76.5 cm³/mol. The Morgan fingerprint density at radius 1 is 1.33 bits per heavy atom. The molecule has 2 aliphatic rings. The van der Waals surface area contributed by atoms with E-state index >= 15 is 0 Å². The molecule has 0 saturated heterocycles. The third-order valence-electron chi connectivity index (χ3n) is 3.37. The lowest BCUT2D eigenvalue weighted by Gasteiger charge is -2.10. The van der Waals surface area contributed by atoms with E-state index in [9.17, 15) is 0 Å². The lowest BCUT2D eigenvalue weighted by atomic mass is 10.2. The molecule has 18 heavy (non-hydrogen) atoms. The second-order valence-electron chi connectivity index (χ2n) is 4.65. The van der Waals surface area contributed by atoms with Gasteiger partial charge in [0.1, 0.15) is 5.82 Å². The van der Waals surface area contributed by atoms with Crippen LogP contribution in [-0.4, -0.2) is 22.3 Å². The molecule has 0 radical (unpaired) electrons. The van der Waals surface area contributed by atoms with Gasteiger partial charge in [-0.2, -0.15) is 4.98 Å². The maximum atomic E-state index is 5.95. The zero-order valence-corrected chi connectivity index (χ0v) is 11.8. The average Bonchev–Trinajstić information content (AvgIpc) is 2.98. The Morgan fingerprint density at radius 3 is 3.11 bits per heavy atom. The van der Waals surface area contributed by atoms with E-state index < -0.39 is 0 Å². The van der Waals surface area contributed by atoms with Gasteiger partial charge in [0.15, 0.2) is 0 Å². The Kier molecular flexibility index (Phi) is 3.75. The van der Waals surface area contributed by atoms with Gasteiger partial charge in [0.2, 0.25) is 5.28 Å². The van der Waals surface area contributed by atoms with Crippen LogP contribution in [0.2, 0.25) is 5.28 Å². The van der Waals surface area contributed by atoms with Gasteiger partial charge in [-0.05, 0) is 37.3 Å². The molecule has 0 atom stereocenters. The van der Waals surface area contributed by atoms with Gasteiger partial charge in [0.25, 0.3) is 0 Å². The summed E-state index contributed by atoms with van der Waals surface area (Å²) < 4.78 is 0. The maximum absolute atomic E-state index is 5.95. The fourth-order valence-electron chi connectivity index (χ4n) is 2.46. The number of hydrogen-bond acceptors (Lipinski definition) is 4. The highest BCUT2D eigenvalue weighted by Gasteiger charge is 2.19. The van der Waals surface area contributed by atoms with Crippen molar-refractivity contribution in [2.24, 2.45) is 0 Å². The smallest absolute Gasteiger partial charge is 0.224 e. The van der Waals surface area contributed by atoms with Crippen LogP contribution in [0, 0.1) is 0 Å². The largest absolute Gasteiger partial charge is 0.369 e. The number of allylic oxidation sites excluding steroid dienone is 1. The number of nitrogens with one attached hydrogen (secondary N) is 1. The monoisotopic (exact) mass is 281 g/mol. The van der Waals surface area contributed by atoms with Crippen LogP contribution >= 0.6 is 23.4 Å². The summed E-state index contributed by atoms with van der Waals surface area (Å²) >= 11 is 7.78. The first-order chi connectivity index (χ1) is 8.83. The van der Waals surface area contributed by atoms with Gasteiger partial charge in [0, 0.05) is 18.7 Å². The molecular formula is C13H16ClN3S. The van der Waals surface area contributed by atoms with E-state index in [0.29, 0.717) is 5.28 Å². The molecule has 0 bridgehead atoms. The molecule has 3 rings (SSSR count). The van der Waals surface area contributed by atoms with Crippen LogP contribution in [0.3, 0.4) is 0 Å². The molecule has 1 aromatic heterocycles. The molecule has 1 N–H and O–H groups in total. The molecular weight excluding hydrogens is 266 g/mol. The Morgan fingerprint density at radius 2 is 2.28 bits per heavy atom. The summed E-state index contributed by atoms with van der Waals surface area (Å²) in [5, 5.41) is 3.78. The van der Waals surface area contributed by atoms with Gasteiger partial charge >= 0.3 is 0 Å². The van der Waals surface area contributed by atoms with E-state index in [1.807, 2.05) is 11.8 Å². The summed E-state index contributed by atoms with van der Waals surface area (Å²) in [6.07, 6.45) is 8.32. The number of fused-ring (bicyclic) bond motifs is 1. The number of hydrogen-bond donors (Lipinski definition) is 1. The minimum Gasteiger partial charge on any atom is -0.369 e. The number of aromatic nitrogens is 2. The third-order valence-corrected chi connectivity index (χ3v) is 4.66. The average molecular weight is 282 g/mol. The zero-order chi connectivity index (χ0) is 12.4. The van der Waals surface area contributed by atoms with Gasteiger partial charge in [-0.3, -0.25) is 0 Å². The first-order valence-electron chi connectivity index (χ1n) is 6.44. The van der Waals surface area contributed by atoms with Crippen LogP contribution in [0.1, 0.15) is 31.4 Å². The first-order valence-corrected chi connectivity index (χ1v) is 7.80. The van der Waals surface area contributed by atoms with Crippen LogP contribution in [0.15, 0.2) is 16.5 Å². The molecule has 1 aromatic rings. The van der Waals surface area contributed by atoms with Gasteiger partial charge in [-0.15, -0.1) is 11.8 Å². The Labute approximate surface area is 116 Å². The van der Waals surface area contributed by atoms with Crippen molar-refractivity contribution in [2.45, 2.75) is 37.0 Å². The van der Waals surface area contributed by atoms with E-state index in [4.69, 9.17) is 11.6 Å². The Hall–Kier alpha value is -0.740. The summed E-state index contributed by atoms with van der Waals surface area (Å²) in [6, 6.07) is 0. The number of aryl methyl sites for hydroxylation is 1. The van der Waals surface area contributed by atoms with E-state index in [1.165, 1.54) is 24.2 Å². The summed E-state index contributed by atoms with van der Waals surface area (Å²) in [5.74, 6) is 2.01. The minimum atomic E-state index is 0.360. The van der Waals surface area contributed by atoms with Crippen LogP contribution < -0.4 is 5.32 Å². The van der Waals surface area contributed by atoms with Gasteiger partial charge in [-0.25, -0.2) is 4.98 Å². The molecule has 0 aromatic carbocycles. The summed E-state index contributed by atoms with van der Waals surface area (Å²) in [7, 11) is 0. The lowest BCUT2D eigenvalue weighted by molar-refractivity contribution is 0.858. The summed E-state index contributed by atoms with van der Waals surface area (Å²) in [6.45, 7) is 0.937. The lowest BCUT2D eigenvalue weighted by Crippen LogP contribution is -2.07. The fourth-order valence-corrected chi connectivity index (χ4v) is 3.72. The first kappa shape index (κ1) is 12.3. The second-order valence-corrected chi connectivity index (χ2v) is 6.09. The molecule has 0 spiro atoms. The van der Waals surface area contributed by atoms with Crippen molar-refractivity contribution < 1.29 is 0 Å². The molecule has 1 aliphatic carbocycles. The number of rotatable bonds is 4. The van der Waals surface area contributed by atoms with Crippen molar-refractivity contribution in [1.82, 2.24) is 9.97 Å². The topological polar surface area (TPSA) is 37.8 Å². The molecule has 2 heterocycles. The standard InChI is InChI=1S/C13H16ClN3S/c14-13-16-10-6-8-18-11(10)12(17-13)15-7-5-9-3-1-2-4-9/h3H,1-2,4-8H2,(H,15,16,17). The highest BCUT2D eigenvalue weighted by Crippen LogP contribution is 2.36. The number of anilines is 1. The number of nitrogens with zero attached hydrogens (tertiary/aromatic N) is 2. The normalized spacial score (nSPS) is 17.7. The fraction of sp³-hybridized carbons (Fsp3) is 0.538. The summed E-state index contributed by atoms with van der Waals surface area (Å²) in [5.41, 5.74) is 2.68.